The first kappa shape index (κ1) is 21.8. The summed E-state index contributed by atoms with van der Waals surface area (Å²) < 4.78 is 45.5. The minimum absolute atomic E-state index is 0.350. The Hall–Kier alpha value is -4.07. The van der Waals surface area contributed by atoms with E-state index in [1.165, 1.54) is 18.4 Å². The van der Waals surface area contributed by atoms with Crippen LogP contribution in [0.15, 0.2) is 84.9 Å². The molecule has 3 aromatic rings. The predicted octanol–water partition coefficient (Wildman–Crippen LogP) is 5.91. The zero-order valence-corrected chi connectivity index (χ0v) is 18.0. The summed E-state index contributed by atoms with van der Waals surface area (Å²) in [5, 5.41) is 3.79. The highest BCUT2D eigenvalue weighted by atomic mass is 19.4. The lowest BCUT2D eigenvalue weighted by Crippen LogP contribution is -2.29. The number of nitrogens with one attached hydrogen (secondary N) is 1. The first-order valence-corrected chi connectivity index (χ1v) is 10.7. The Morgan fingerprint density at radius 3 is 2.82 bits per heavy atom. The van der Waals surface area contributed by atoms with E-state index in [0.717, 1.165) is 28.7 Å². The van der Waals surface area contributed by atoms with Gasteiger partial charge in [0.25, 0.3) is 0 Å². The fraction of sp³-hybridized carbons (Fsp3) is 0.154. The van der Waals surface area contributed by atoms with Crippen molar-refractivity contribution in [2.45, 2.75) is 12.6 Å². The number of fused-ring (bicyclic) bond motifs is 2. The Bertz CT molecular complexity index is 1360. The monoisotopic (exact) mass is 463 g/mol. The number of halogens is 3. The lowest BCUT2D eigenvalue weighted by atomic mass is 9.93. The molecule has 34 heavy (non-hydrogen) atoms. The van der Waals surface area contributed by atoms with Gasteiger partial charge in [-0.2, -0.15) is 13.2 Å². The molecule has 1 N–H and O–H groups in total. The summed E-state index contributed by atoms with van der Waals surface area (Å²) in [6.45, 7) is 0.784. The molecule has 0 bridgehead atoms. The number of benzene rings is 2. The molecule has 2 aromatic carbocycles. The van der Waals surface area contributed by atoms with Crippen molar-refractivity contribution in [2.24, 2.45) is 0 Å². The Morgan fingerprint density at radius 1 is 1.15 bits per heavy atom. The van der Waals surface area contributed by atoms with Crippen molar-refractivity contribution in [3.8, 4) is 0 Å². The van der Waals surface area contributed by atoms with Gasteiger partial charge in [0.05, 0.1) is 17.3 Å². The molecule has 0 aliphatic carbocycles. The second-order valence-electron chi connectivity index (χ2n) is 7.97. The van der Waals surface area contributed by atoms with Gasteiger partial charge in [-0.3, -0.25) is 9.78 Å². The number of hydrogen-bond acceptors (Lipinski definition) is 4. The first-order chi connectivity index (χ1) is 16.4. The topological polar surface area (TPSA) is 54.5 Å². The van der Waals surface area contributed by atoms with E-state index in [2.05, 4.69) is 10.3 Å². The van der Waals surface area contributed by atoms with Crippen LogP contribution >= 0.6 is 0 Å². The molecule has 0 spiro atoms. The number of carbonyl (C=O) groups is 1. The fourth-order valence-electron chi connectivity index (χ4n) is 4.16. The zero-order chi connectivity index (χ0) is 23.7. The van der Waals surface area contributed by atoms with Gasteiger partial charge in [0.15, 0.2) is 0 Å². The molecular formula is C26H20F3N3O2. The third-order valence-electron chi connectivity index (χ3n) is 5.78. The summed E-state index contributed by atoms with van der Waals surface area (Å²) in [6, 6.07) is 12.8. The first-order valence-electron chi connectivity index (χ1n) is 10.7. The maximum atomic E-state index is 13.4. The van der Waals surface area contributed by atoms with Gasteiger partial charge >= 0.3 is 6.18 Å². The zero-order valence-electron chi connectivity index (χ0n) is 18.0. The van der Waals surface area contributed by atoms with E-state index < -0.39 is 11.7 Å². The molecule has 0 atom stereocenters. The number of hydrogen-bond donors (Lipinski definition) is 1. The standard InChI is InChI=1S/C26H20F3N3O2/c27-26(28,29)19-4-6-22-18(7-11-32(24(22)15-19)21-8-12-34-13-9-21)14-25(33)31-20-5-3-17-2-1-10-30-23(17)16-20/h1-6,8-10,12,14-16H,7,11,13H2,(H,31,33)/b18-14+. The smallest absolute Gasteiger partial charge is 0.416 e. The Kier molecular flexibility index (Phi) is 5.57. The van der Waals surface area contributed by atoms with E-state index in [1.807, 2.05) is 29.2 Å². The molecule has 8 heteroatoms. The number of carbonyl (C=O) groups excluding carboxylic acids is 1. The molecular weight excluding hydrogens is 443 g/mol. The maximum Gasteiger partial charge on any atom is 0.416 e. The predicted molar refractivity (Wildman–Crippen MR) is 125 cm³/mol. The van der Waals surface area contributed by atoms with Gasteiger partial charge in [0.1, 0.15) is 6.61 Å². The summed E-state index contributed by atoms with van der Waals surface area (Å²) >= 11 is 0. The van der Waals surface area contributed by atoms with Crippen LogP contribution in [-0.4, -0.2) is 24.0 Å². The van der Waals surface area contributed by atoms with Crippen molar-refractivity contribution in [3.63, 3.8) is 0 Å². The van der Waals surface area contributed by atoms with Crippen molar-refractivity contribution in [2.75, 3.05) is 23.4 Å². The van der Waals surface area contributed by atoms with Crippen molar-refractivity contribution in [1.82, 2.24) is 4.98 Å². The highest BCUT2D eigenvalue weighted by molar-refractivity contribution is 6.06. The summed E-state index contributed by atoms with van der Waals surface area (Å²) in [6.07, 6.45) is 4.24. The fourth-order valence-corrected chi connectivity index (χ4v) is 4.16. The van der Waals surface area contributed by atoms with Gasteiger partial charge < -0.3 is 15.0 Å². The van der Waals surface area contributed by atoms with Gasteiger partial charge in [0.2, 0.25) is 5.91 Å². The number of pyridine rings is 1. The molecule has 2 aliphatic heterocycles. The average Bonchev–Trinajstić information content (AvgIpc) is 2.84. The van der Waals surface area contributed by atoms with Gasteiger partial charge in [-0.1, -0.05) is 18.2 Å². The average molecular weight is 463 g/mol. The molecule has 0 saturated heterocycles. The molecule has 0 radical (unpaired) electrons. The van der Waals surface area contributed by atoms with E-state index in [0.29, 0.717) is 42.1 Å². The van der Waals surface area contributed by atoms with Gasteiger partial charge in [-0.15, -0.1) is 0 Å². The molecule has 0 unspecified atom stereocenters. The molecule has 172 valence electrons. The molecule has 5 rings (SSSR count). The van der Waals surface area contributed by atoms with Crippen LogP contribution in [0.2, 0.25) is 0 Å². The molecule has 0 saturated carbocycles. The van der Waals surface area contributed by atoms with Crippen LogP contribution < -0.4 is 10.2 Å². The molecule has 5 nitrogen and oxygen atoms in total. The number of nitrogens with zero attached hydrogens (tertiary/aromatic N) is 2. The molecule has 0 fully saturated rings. The highest BCUT2D eigenvalue weighted by Crippen LogP contribution is 2.41. The van der Waals surface area contributed by atoms with Crippen molar-refractivity contribution < 1.29 is 22.7 Å². The number of amides is 1. The number of anilines is 2. The van der Waals surface area contributed by atoms with Gasteiger partial charge in [-0.05, 0) is 54.5 Å². The Morgan fingerprint density at radius 2 is 2.03 bits per heavy atom. The van der Waals surface area contributed by atoms with E-state index in [-0.39, 0.29) is 5.91 Å². The number of rotatable bonds is 3. The lowest BCUT2D eigenvalue weighted by Gasteiger charge is -2.34. The molecule has 1 aromatic heterocycles. The van der Waals surface area contributed by atoms with Crippen LogP contribution in [0.4, 0.5) is 24.5 Å². The van der Waals surface area contributed by atoms with Crippen molar-refractivity contribution in [3.05, 3.63) is 96.0 Å². The van der Waals surface area contributed by atoms with E-state index in [4.69, 9.17) is 4.74 Å². The van der Waals surface area contributed by atoms with Crippen molar-refractivity contribution in [1.29, 1.82) is 0 Å². The number of allylic oxidation sites excluding steroid dienone is 1. The van der Waals surface area contributed by atoms with E-state index in [9.17, 15) is 18.0 Å². The Labute approximate surface area is 193 Å². The summed E-state index contributed by atoms with van der Waals surface area (Å²) in [5.74, 6) is -0.352. The minimum atomic E-state index is -4.47. The molecule has 3 heterocycles. The summed E-state index contributed by atoms with van der Waals surface area (Å²) in [7, 11) is 0. The van der Waals surface area contributed by atoms with E-state index in [1.54, 1.807) is 24.4 Å². The molecule has 2 aliphatic rings. The SMILES string of the molecule is O=C(/C=C1\CCN(C2=CCOC=C2)c2cc(C(F)(F)F)ccc21)Nc1ccc2cccnc2c1. The van der Waals surface area contributed by atoms with Crippen LogP contribution in [0.3, 0.4) is 0 Å². The third kappa shape index (κ3) is 4.39. The second kappa shape index (κ2) is 8.70. The normalized spacial score (nSPS) is 16.7. The number of aromatic nitrogens is 1. The van der Waals surface area contributed by atoms with Crippen LogP contribution in [0.1, 0.15) is 17.5 Å². The minimum Gasteiger partial charge on any atom is -0.497 e. The third-order valence-corrected chi connectivity index (χ3v) is 5.78. The Balaban J connectivity index is 1.47. The quantitative estimate of drug-likeness (QED) is 0.491. The van der Waals surface area contributed by atoms with Crippen LogP contribution in [0, 0.1) is 0 Å². The van der Waals surface area contributed by atoms with E-state index >= 15 is 0 Å². The van der Waals surface area contributed by atoms with Crippen LogP contribution in [-0.2, 0) is 15.7 Å². The largest absolute Gasteiger partial charge is 0.497 e. The van der Waals surface area contributed by atoms with Gasteiger partial charge in [-0.25, -0.2) is 0 Å². The summed E-state index contributed by atoms with van der Waals surface area (Å²) in [5.41, 5.74) is 3.05. The van der Waals surface area contributed by atoms with Crippen molar-refractivity contribution >= 4 is 33.8 Å². The highest BCUT2D eigenvalue weighted by Gasteiger charge is 2.33. The second-order valence-corrected chi connectivity index (χ2v) is 7.97. The van der Waals surface area contributed by atoms with Crippen LogP contribution in [0.25, 0.3) is 16.5 Å². The van der Waals surface area contributed by atoms with Gasteiger partial charge in [0, 0.05) is 46.8 Å². The number of ether oxygens (including phenoxy) is 1. The maximum absolute atomic E-state index is 13.4. The van der Waals surface area contributed by atoms with Crippen LogP contribution in [0.5, 0.6) is 0 Å². The summed E-state index contributed by atoms with van der Waals surface area (Å²) in [4.78, 5) is 18.9. The lowest BCUT2D eigenvalue weighted by molar-refractivity contribution is -0.137. The number of alkyl halides is 3. The molecule has 1 amide bonds.